The molecule has 2 aromatic heterocycles. The maximum atomic E-state index is 12.5. The number of nitrogens with one attached hydrogen (secondary N) is 1. The lowest BCUT2D eigenvalue weighted by atomic mass is 9.89. The van der Waals surface area contributed by atoms with Crippen LogP contribution in [0.3, 0.4) is 0 Å². The van der Waals surface area contributed by atoms with Gasteiger partial charge in [-0.25, -0.2) is 4.98 Å². The number of ketones is 1. The molecule has 3 aromatic rings. The van der Waals surface area contributed by atoms with Crippen LogP contribution in [-0.2, 0) is 12.8 Å². The molecule has 0 bridgehead atoms. The Hall–Kier alpha value is -1.92. The quantitative estimate of drug-likeness (QED) is 0.427. The molecule has 0 aliphatic heterocycles. The van der Waals surface area contributed by atoms with Gasteiger partial charge in [-0.2, -0.15) is 0 Å². The van der Waals surface area contributed by atoms with Crippen LogP contribution < -0.4 is 5.56 Å². The summed E-state index contributed by atoms with van der Waals surface area (Å²) in [4.78, 5) is 34.3. The third kappa shape index (κ3) is 3.28. The van der Waals surface area contributed by atoms with E-state index < -0.39 is 0 Å². The van der Waals surface area contributed by atoms with Gasteiger partial charge in [0.15, 0.2) is 10.9 Å². The largest absolute Gasteiger partial charge is 0.301 e. The minimum atomic E-state index is -0.0771. The monoisotopic (exact) mass is 370 g/mol. The normalized spacial score (nSPS) is 16.8. The van der Waals surface area contributed by atoms with Crippen LogP contribution in [-0.4, -0.2) is 21.5 Å². The van der Waals surface area contributed by atoms with Gasteiger partial charge in [0.25, 0.3) is 5.56 Å². The number of Topliss-reactive ketones (excluding diaryl/α,β-unsaturated/α-hetero) is 1. The lowest BCUT2D eigenvalue weighted by molar-refractivity contribution is 0.102. The Morgan fingerprint density at radius 3 is 2.96 bits per heavy atom. The van der Waals surface area contributed by atoms with E-state index in [-0.39, 0.29) is 17.1 Å². The molecule has 1 atom stereocenters. The van der Waals surface area contributed by atoms with Crippen LogP contribution in [0.5, 0.6) is 0 Å². The third-order valence-electron chi connectivity index (χ3n) is 4.58. The maximum absolute atomic E-state index is 12.5. The van der Waals surface area contributed by atoms with E-state index in [0.717, 1.165) is 29.5 Å². The average molecular weight is 370 g/mol. The van der Waals surface area contributed by atoms with Crippen LogP contribution in [0.4, 0.5) is 0 Å². The van der Waals surface area contributed by atoms with Crippen molar-refractivity contribution in [1.29, 1.82) is 0 Å². The second-order valence-electron chi connectivity index (χ2n) is 6.48. The number of aromatic nitrogens is 2. The summed E-state index contributed by atoms with van der Waals surface area (Å²) >= 11 is 2.92. The number of carbonyl (C=O) groups is 1. The van der Waals surface area contributed by atoms with E-state index in [4.69, 9.17) is 0 Å². The van der Waals surface area contributed by atoms with Crippen molar-refractivity contribution >= 4 is 39.1 Å². The lowest BCUT2D eigenvalue weighted by Gasteiger charge is -2.17. The fourth-order valence-electron chi connectivity index (χ4n) is 3.24. The van der Waals surface area contributed by atoms with Crippen LogP contribution in [0.1, 0.15) is 34.1 Å². The summed E-state index contributed by atoms with van der Waals surface area (Å²) in [5.41, 5.74) is 1.79. The first-order valence-corrected chi connectivity index (χ1v) is 10.2. The number of hydrogen-bond donors (Lipinski definition) is 1. The molecule has 2 heterocycles. The van der Waals surface area contributed by atoms with Crippen molar-refractivity contribution < 1.29 is 4.79 Å². The molecule has 4 rings (SSSR count). The molecule has 0 spiro atoms. The number of thioether (sulfide) groups is 1. The summed E-state index contributed by atoms with van der Waals surface area (Å²) in [5, 5.41) is 1.28. The number of carbonyl (C=O) groups excluding carboxylic acids is 1. The zero-order valence-electron chi connectivity index (χ0n) is 13.9. The molecule has 0 amide bonds. The Morgan fingerprint density at radius 1 is 1.36 bits per heavy atom. The average Bonchev–Trinajstić information content (AvgIpc) is 2.98. The van der Waals surface area contributed by atoms with Gasteiger partial charge in [0.1, 0.15) is 4.83 Å². The molecule has 25 heavy (non-hydrogen) atoms. The van der Waals surface area contributed by atoms with Crippen LogP contribution in [0.15, 0.2) is 40.3 Å². The maximum Gasteiger partial charge on any atom is 0.260 e. The van der Waals surface area contributed by atoms with E-state index in [2.05, 4.69) is 16.9 Å². The number of fused-ring (bicyclic) bond motifs is 3. The molecular weight excluding hydrogens is 352 g/mol. The highest BCUT2D eigenvalue weighted by molar-refractivity contribution is 7.99. The summed E-state index contributed by atoms with van der Waals surface area (Å²) in [7, 11) is 0. The minimum absolute atomic E-state index is 0.0349. The Bertz CT molecular complexity index is 992. The summed E-state index contributed by atoms with van der Waals surface area (Å²) in [6.07, 6.45) is 3.12. The molecule has 0 saturated carbocycles. The molecule has 0 radical (unpaired) electrons. The minimum Gasteiger partial charge on any atom is -0.301 e. The molecule has 0 fully saturated rings. The first kappa shape index (κ1) is 16.5. The fourth-order valence-corrected chi connectivity index (χ4v) is 5.44. The topological polar surface area (TPSA) is 62.8 Å². The second-order valence-corrected chi connectivity index (χ2v) is 8.53. The van der Waals surface area contributed by atoms with Crippen molar-refractivity contribution in [2.24, 2.45) is 5.92 Å². The molecule has 0 saturated heterocycles. The number of aromatic amines is 1. The number of hydrogen-bond acceptors (Lipinski definition) is 5. The van der Waals surface area contributed by atoms with Gasteiger partial charge < -0.3 is 4.98 Å². The van der Waals surface area contributed by atoms with Gasteiger partial charge in [-0.1, -0.05) is 49.0 Å². The van der Waals surface area contributed by atoms with Gasteiger partial charge in [-0.15, -0.1) is 11.3 Å². The van der Waals surface area contributed by atoms with Crippen LogP contribution in [0, 0.1) is 5.92 Å². The predicted octanol–water partition coefficient (Wildman–Crippen LogP) is 4.08. The molecule has 1 aromatic carbocycles. The molecule has 1 aliphatic rings. The van der Waals surface area contributed by atoms with Crippen molar-refractivity contribution in [3.8, 4) is 0 Å². The highest BCUT2D eigenvalue weighted by atomic mass is 32.2. The van der Waals surface area contributed by atoms with E-state index in [1.807, 2.05) is 18.2 Å². The van der Waals surface area contributed by atoms with E-state index in [9.17, 15) is 9.59 Å². The Kier molecular flexibility index (Phi) is 4.48. The summed E-state index contributed by atoms with van der Waals surface area (Å²) in [6.45, 7) is 2.25. The summed E-state index contributed by atoms with van der Waals surface area (Å²) in [6, 6.07) is 9.19. The molecule has 128 valence electrons. The number of rotatable bonds is 4. The van der Waals surface area contributed by atoms with Crippen LogP contribution in [0.2, 0.25) is 0 Å². The van der Waals surface area contributed by atoms with Crippen molar-refractivity contribution in [2.45, 2.75) is 31.3 Å². The predicted molar refractivity (Wildman–Crippen MR) is 103 cm³/mol. The van der Waals surface area contributed by atoms with Crippen molar-refractivity contribution in [1.82, 2.24) is 9.97 Å². The highest BCUT2D eigenvalue weighted by Gasteiger charge is 2.23. The fraction of sp³-hybridized carbons (Fsp3) is 0.316. The zero-order chi connectivity index (χ0) is 17.4. The van der Waals surface area contributed by atoms with Gasteiger partial charge in [0, 0.05) is 10.4 Å². The Balaban J connectivity index is 1.59. The van der Waals surface area contributed by atoms with Gasteiger partial charge >= 0.3 is 0 Å². The van der Waals surface area contributed by atoms with Gasteiger partial charge in [0.05, 0.1) is 11.1 Å². The highest BCUT2D eigenvalue weighted by Crippen LogP contribution is 2.36. The van der Waals surface area contributed by atoms with Crippen LogP contribution in [0.25, 0.3) is 10.2 Å². The first-order valence-electron chi connectivity index (χ1n) is 8.37. The molecule has 1 N–H and O–H groups in total. The molecule has 0 unspecified atom stereocenters. The Labute approximate surface area is 153 Å². The van der Waals surface area contributed by atoms with E-state index in [1.165, 1.54) is 22.2 Å². The van der Waals surface area contributed by atoms with Gasteiger partial charge in [0.2, 0.25) is 0 Å². The number of thiophene rings is 1. The number of benzene rings is 1. The SMILES string of the molecule is C[C@H]1CCc2c(sc3nc(SCC(=O)c4ccccc4)[nH]c(=O)c23)C1. The van der Waals surface area contributed by atoms with Crippen molar-refractivity contribution in [3.63, 3.8) is 0 Å². The van der Waals surface area contributed by atoms with Crippen molar-refractivity contribution in [2.75, 3.05) is 5.75 Å². The van der Waals surface area contributed by atoms with E-state index in [1.54, 1.807) is 23.5 Å². The smallest absolute Gasteiger partial charge is 0.260 e. The molecule has 4 nitrogen and oxygen atoms in total. The van der Waals surface area contributed by atoms with E-state index >= 15 is 0 Å². The first-order chi connectivity index (χ1) is 12.1. The zero-order valence-corrected chi connectivity index (χ0v) is 15.5. The standard InChI is InChI=1S/C19H18N2O2S2/c1-11-7-8-13-15(9-11)25-18-16(13)17(23)20-19(21-18)24-10-14(22)12-5-3-2-4-6-12/h2-6,11H,7-10H2,1H3,(H,20,21,23)/t11-/m0/s1. The van der Waals surface area contributed by atoms with Gasteiger partial charge in [-0.05, 0) is 30.7 Å². The lowest BCUT2D eigenvalue weighted by Crippen LogP contribution is -2.13. The third-order valence-corrected chi connectivity index (χ3v) is 6.60. The summed E-state index contributed by atoms with van der Waals surface area (Å²) in [5.74, 6) is 0.963. The second kappa shape index (κ2) is 6.77. The van der Waals surface area contributed by atoms with Gasteiger partial charge in [-0.3, -0.25) is 9.59 Å². The number of nitrogens with zero attached hydrogens (tertiary/aromatic N) is 1. The van der Waals surface area contributed by atoms with Crippen LogP contribution >= 0.6 is 23.1 Å². The van der Waals surface area contributed by atoms with E-state index in [0.29, 0.717) is 16.6 Å². The van der Waals surface area contributed by atoms with Crippen molar-refractivity contribution in [3.05, 3.63) is 56.7 Å². The molecule has 6 heteroatoms. The Morgan fingerprint density at radius 2 is 2.16 bits per heavy atom. The molecular formula is C19H18N2O2S2. The summed E-state index contributed by atoms with van der Waals surface area (Å²) < 4.78 is 0. The number of aryl methyl sites for hydroxylation is 1. The number of H-pyrrole nitrogens is 1. The molecule has 1 aliphatic carbocycles.